The maximum Gasteiger partial charge on any atom is 0.170 e. The van der Waals surface area contributed by atoms with Gasteiger partial charge in [-0.05, 0) is 31.0 Å². The number of nitrogens with one attached hydrogen (secondary N) is 2. The summed E-state index contributed by atoms with van der Waals surface area (Å²) in [6.45, 7) is 2.83. The smallest absolute Gasteiger partial charge is 0.170 e. The lowest BCUT2D eigenvalue weighted by Crippen LogP contribution is -2.09. The van der Waals surface area contributed by atoms with Gasteiger partial charge in [0.05, 0.1) is 6.20 Å². The van der Waals surface area contributed by atoms with Crippen LogP contribution in [0.5, 0.6) is 0 Å². The van der Waals surface area contributed by atoms with Crippen molar-refractivity contribution < 1.29 is 4.39 Å². The largest absolute Gasteiger partial charge is 0.368 e. The third-order valence-electron chi connectivity index (χ3n) is 5.73. The number of aromatic nitrogens is 6. The minimum absolute atomic E-state index is 0.285. The Hall–Kier alpha value is -3.46. The zero-order valence-electron chi connectivity index (χ0n) is 17.3. The van der Waals surface area contributed by atoms with E-state index in [2.05, 4.69) is 45.1 Å². The van der Waals surface area contributed by atoms with Crippen molar-refractivity contribution in [1.29, 1.82) is 0 Å². The number of H-pyrrole nitrogens is 1. The molecule has 0 amide bonds. The second-order valence-corrected chi connectivity index (χ2v) is 8.91. The first-order chi connectivity index (χ1) is 15.7. The van der Waals surface area contributed by atoms with Crippen LogP contribution in [0.25, 0.3) is 33.5 Å². The van der Waals surface area contributed by atoms with E-state index < -0.39 is 5.82 Å². The third kappa shape index (κ3) is 3.20. The molecule has 5 aromatic rings. The van der Waals surface area contributed by atoms with Gasteiger partial charge in [-0.3, -0.25) is 9.55 Å². The molecule has 0 unspecified atom stereocenters. The molecule has 0 radical (unpaired) electrons. The van der Waals surface area contributed by atoms with Crippen molar-refractivity contribution in [1.82, 2.24) is 29.5 Å². The molecule has 9 heteroatoms. The van der Waals surface area contributed by atoms with Gasteiger partial charge in [-0.25, -0.2) is 19.3 Å². The van der Waals surface area contributed by atoms with Gasteiger partial charge in [0.25, 0.3) is 0 Å². The van der Waals surface area contributed by atoms with Crippen LogP contribution in [0.3, 0.4) is 0 Å². The number of rotatable bonds is 5. The maximum atomic E-state index is 13.8. The number of halogens is 1. The van der Waals surface area contributed by atoms with Crippen LogP contribution in [0.1, 0.15) is 18.5 Å². The van der Waals surface area contributed by atoms with Gasteiger partial charge in [-0.2, -0.15) is 0 Å². The Labute approximate surface area is 187 Å². The number of hydrogen-bond acceptors (Lipinski definition) is 6. The molecule has 0 fully saturated rings. The lowest BCUT2D eigenvalue weighted by atomic mass is 10.1. The topological polar surface area (TPSA) is 84.3 Å². The summed E-state index contributed by atoms with van der Waals surface area (Å²) in [7, 11) is 0. The van der Waals surface area contributed by atoms with Gasteiger partial charge in [-0.15, -0.1) is 0 Å². The van der Waals surface area contributed by atoms with E-state index >= 15 is 0 Å². The van der Waals surface area contributed by atoms with Gasteiger partial charge in [0.1, 0.15) is 5.82 Å². The number of imidazole rings is 1. The molecule has 0 bridgehead atoms. The first-order valence-corrected chi connectivity index (χ1v) is 11.5. The first kappa shape index (κ1) is 19.2. The molecule has 0 aliphatic carbocycles. The van der Waals surface area contributed by atoms with Crippen molar-refractivity contribution in [3.63, 3.8) is 0 Å². The number of nitrogens with zero attached hydrogens (tertiary/aromatic N) is 5. The SMILES string of the molecule is C[C@@H]1CSc2nc3c(NCCc4c[nH]c5ccccc45)nc(-c4cncc(F)c4)nc3n21. The van der Waals surface area contributed by atoms with Crippen molar-refractivity contribution in [2.24, 2.45) is 0 Å². The van der Waals surface area contributed by atoms with Crippen molar-refractivity contribution in [3.05, 3.63) is 60.3 Å². The predicted octanol–water partition coefficient (Wildman–Crippen LogP) is 4.83. The predicted molar refractivity (Wildman–Crippen MR) is 124 cm³/mol. The Morgan fingerprint density at radius 2 is 2.12 bits per heavy atom. The highest BCUT2D eigenvalue weighted by Gasteiger charge is 2.26. The number of benzene rings is 1. The second-order valence-electron chi connectivity index (χ2n) is 7.92. The van der Waals surface area contributed by atoms with Crippen LogP contribution in [0.4, 0.5) is 10.2 Å². The molecule has 4 aromatic heterocycles. The van der Waals surface area contributed by atoms with Gasteiger partial charge in [0.15, 0.2) is 28.0 Å². The molecule has 2 N–H and O–H groups in total. The summed E-state index contributed by atoms with van der Waals surface area (Å²) >= 11 is 1.72. The zero-order valence-corrected chi connectivity index (χ0v) is 18.2. The van der Waals surface area contributed by atoms with Crippen LogP contribution < -0.4 is 5.32 Å². The molecule has 1 aromatic carbocycles. The summed E-state index contributed by atoms with van der Waals surface area (Å²) in [5.74, 6) is 1.64. The fourth-order valence-corrected chi connectivity index (χ4v) is 5.26. The summed E-state index contributed by atoms with van der Waals surface area (Å²) in [5.41, 5.74) is 4.42. The Balaban J connectivity index is 1.37. The van der Waals surface area contributed by atoms with Crippen LogP contribution in [0.15, 0.2) is 54.1 Å². The Bertz CT molecular complexity index is 1460. The number of aromatic amines is 1. The Morgan fingerprint density at radius 3 is 3.03 bits per heavy atom. The number of pyridine rings is 1. The van der Waals surface area contributed by atoms with Crippen molar-refractivity contribution in [3.8, 4) is 11.4 Å². The highest BCUT2D eigenvalue weighted by molar-refractivity contribution is 7.99. The van der Waals surface area contributed by atoms with Crippen molar-refractivity contribution >= 4 is 39.6 Å². The van der Waals surface area contributed by atoms with E-state index in [0.717, 1.165) is 34.0 Å². The van der Waals surface area contributed by atoms with Gasteiger partial charge in [-0.1, -0.05) is 30.0 Å². The summed E-state index contributed by atoms with van der Waals surface area (Å²) in [4.78, 5) is 21.5. The van der Waals surface area contributed by atoms with E-state index in [1.807, 2.05) is 12.1 Å². The molecular formula is C23H20FN7S. The van der Waals surface area contributed by atoms with Crippen LogP contribution in [0.2, 0.25) is 0 Å². The molecule has 32 heavy (non-hydrogen) atoms. The van der Waals surface area contributed by atoms with Crippen LogP contribution in [-0.2, 0) is 6.42 Å². The molecular weight excluding hydrogens is 425 g/mol. The molecule has 0 saturated carbocycles. The number of thioether (sulfide) groups is 1. The number of anilines is 1. The number of fused-ring (bicyclic) bond motifs is 4. The number of para-hydroxylation sites is 1. The summed E-state index contributed by atoms with van der Waals surface area (Å²) in [6.07, 6.45) is 5.64. The standard InChI is InChI=1S/C23H20FN7S/c1-13-12-32-23-28-19-21(26-7-6-14-10-27-18-5-3-2-4-17(14)18)29-20(30-22(19)31(13)23)15-8-16(24)11-25-9-15/h2-5,8-11,13,27H,6-7,12H2,1H3,(H,26,29,30)/t13-/m1/s1. The van der Waals surface area contributed by atoms with E-state index in [1.54, 1.807) is 18.0 Å². The number of hydrogen-bond donors (Lipinski definition) is 2. The van der Waals surface area contributed by atoms with Gasteiger partial charge in [0, 0.05) is 47.2 Å². The average molecular weight is 446 g/mol. The quantitative estimate of drug-likeness (QED) is 0.403. The van der Waals surface area contributed by atoms with Gasteiger partial charge >= 0.3 is 0 Å². The molecule has 1 atom stereocenters. The highest BCUT2D eigenvalue weighted by Crippen LogP contribution is 2.38. The maximum absolute atomic E-state index is 13.8. The zero-order chi connectivity index (χ0) is 21.7. The van der Waals surface area contributed by atoms with Crippen molar-refractivity contribution in [2.45, 2.75) is 24.5 Å². The molecule has 5 heterocycles. The fourth-order valence-electron chi connectivity index (χ4n) is 4.16. The van der Waals surface area contributed by atoms with E-state index in [1.165, 1.54) is 23.2 Å². The second kappa shape index (κ2) is 7.59. The summed E-state index contributed by atoms with van der Waals surface area (Å²) in [6, 6.07) is 9.96. The minimum Gasteiger partial charge on any atom is -0.368 e. The molecule has 1 aliphatic heterocycles. The molecule has 1 aliphatic rings. The van der Waals surface area contributed by atoms with Crippen LogP contribution in [0, 0.1) is 5.82 Å². The Morgan fingerprint density at radius 1 is 1.22 bits per heavy atom. The van der Waals surface area contributed by atoms with Crippen molar-refractivity contribution in [2.75, 3.05) is 17.6 Å². The third-order valence-corrected chi connectivity index (χ3v) is 6.92. The normalized spacial score (nSPS) is 15.5. The molecule has 0 spiro atoms. The molecule has 160 valence electrons. The highest BCUT2D eigenvalue weighted by atomic mass is 32.2. The first-order valence-electron chi connectivity index (χ1n) is 10.5. The molecule has 6 rings (SSSR count). The fraction of sp³-hybridized carbons (Fsp3) is 0.217. The van der Waals surface area contributed by atoms with Crippen LogP contribution >= 0.6 is 11.8 Å². The van der Waals surface area contributed by atoms with E-state index in [9.17, 15) is 4.39 Å². The van der Waals surface area contributed by atoms with Crippen LogP contribution in [-0.4, -0.2) is 41.8 Å². The minimum atomic E-state index is -0.414. The lowest BCUT2D eigenvalue weighted by molar-refractivity contribution is 0.596. The van der Waals surface area contributed by atoms with Gasteiger partial charge < -0.3 is 10.3 Å². The average Bonchev–Trinajstić information content (AvgIpc) is 3.49. The summed E-state index contributed by atoms with van der Waals surface area (Å²) in [5, 5.41) is 5.62. The van der Waals surface area contributed by atoms with Gasteiger partial charge in [0.2, 0.25) is 0 Å². The van der Waals surface area contributed by atoms with E-state index in [4.69, 9.17) is 15.0 Å². The monoisotopic (exact) mass is 445 g/mol. The van der Waals surface area contributed by atoms with E-state index in [0.29, 0.717) is 23.8 Å². The Kier molecular flexibility index (Phi) is 4.57. The molecule has 0 saturated heterocycles. The molecule has 7 nitrogen and oxygen atoms in total. The lowest BCUT2D eigenvalue weighted by Gasteiger charge is -2.11. The summed E-state index contributed by atoms with van der Waals surface area (Å²) < 4.78 is 16.0. The van der Waals surface area contributed by atoms with E-state index in [-0.39, 0.29) is 6.04 Å².